The van der Waals surface area contributed by atoms with Crippen LogP contribution in [0.25, 0.3) is 0 Å². The molecule has 128 valence electrons. The molecule has 23 heavy (non-hydrogen) atoms. The molecule has 0 spiro atoms. The summed E-state index contributed by atoms with van der Waals surface area (Å²) in [6.45, 7) is 11.4. The molecule has 0 unspecified atom stereocenters. The number of carbonyl (C=O) groups is 2. The van der Waals surface area contributed by atoms with Crippen LogP contribution in [0.2, 0.25) is 0 Å². The van der Waals surface area contributed by atoms with E-state index in [0.717, 1.165) is 12.8 Å². The van der Waals surface area contributed by atoms with Crippen LogP contribution in [0.15, 0.2) is 24.8 Å². The number of nitrogens with zero attached hydrogens (tertiary/aromatic N) is 1. The van der Waals surface area contributed by atoms with Crippen LogP contribution in [0, 0.1) is 11.8 Å². The molecule has 0 aliphatic carbocycles. The Balaban J connectivity index is 2.22. The number of amides is 1. The smallest absolute Gasteiger partial charge is 0.411 e. The van der Waals surface area contributed by atoms with E-state index in [-0.39, 0.29) is 36.0 Å². The normalized spacial score (nSPS) is 28.8. The first-order valence-electron chi connectivity index (χ1n) is 8.27. The fourth-order valence-corrected chi connectivity index (χ4v) is 3.49. The van der Waals surface area contributed by atoms with E-state index in [1.165, 1.54) is 0 Å². The van der Waals surface area contributed by atoms with E-state index in [0.29, 0.717) is 6.61 Å². The first-order valence-corrected chi connectivity index (χ1v) is 8.27. The lowest BCUT2D eigenvalue weighted by Crippen LogP contribution is -2.42. The van der Waals surface area contributed by atoms with E-state index in [1.807, 2.05) is 39.0 Å². The standard InChI is InChI=1S/C18H27NO4/c1-6-8-9-12-13-10-11-14(15(12)16(20)22-7-2)19(13)17(21)23-18(3,4)5/h6,10-15H,1,7-9H2,2-5H3/t12-,13+,14-,15+/m1/s1. The van der Waals surface area contributed by atoms with Crippen molar-refractivity contribution in [3.63, 3.8) is 0 Å². The molecular formula is C18H27NO4. The number of carbonyl (C=O) groups excluding carboxylic acids is 2. The van der Waals surface area contributed by atoms with E-state index in [2.05, 4.69) is 6.58 Å². The highest BCUT2D eigenvalue weighted by Crippen LogP contribution is 2.45. The third-order valence-electron chi connectivity index (χ3n) is 4.28. The molecule has 1 amide bonds. The lowest BCUT2D eigenvalue weighted by Gasteiger charge is -2.28. The average molecular weight is 321 g/mol. The molecular weight excluding hydrogens is 294 g/mol. The summed E-state index contributed by atoms with van der Waals surface area (Å²) in [5.41, 5.74) is -0.560. The Morgan fingerprint density at radius 1 is 1.26 bits per heavy atom. The van der Waals surface area contributed by atoms with Gasteiger partial charge in [-0.1, -0.05) is 18.2 Å². The van der Waals surface area contributed by atoms with Crippen LogP contribution in [-0.2, 0) is 14.3 Å². The molecule has 1 fully saturated rings. The summed E-state index contributed by atoms with van der Waals surface area (Å²) in [5.74, 6) is -0.501. The minimum absolute atomic E-state index is 0.0505. The first kappa shape index (κ1) is 17.6. The second-order valence-electron chi connectivity index (χ2n) is 7.06. The van der Waals surface area contributed by atoms with Crippen molar-refractivity contribution >= 4 is 12.1 Å². The molecule has 0 radical (unpaired) electrons. The van der Waals surface area contributed by atoms with E-state index in [1.54, 1.807) is 11.8 Å². The summed E-state index contributed by atoms with van der Waals surface area (Å²) in [4.78, 5) is 26.7. The fraction of sp³-hybridized carbons (Fsp3) is 0.667. The van der Waals surface area contributed by atoms with Crippen LogP contribution >= 0.6 is 0 Å². The highest BCUT2D eigenvalue weighted by atomic mass is 16.6. The number of esters is 1. The zero-order valence-corrected chi connectivity index (χ0v) is 14.5. The van der Waals surface area contributed by atoms with Crippen LogP contribution < -0.4 is 0 Å². The molecule has 4 atom stereocenters. The summed E-state index contributed by atoms with van der Waals surface area (Å²) < 4.78 is 10.8. The Labute approximate surface area is 138 Å². The Kier molecular flexibility index (Phi) is 5.17. The van der Waals surface area contributed by atoms with Crippen molar-refractivity contribution < 1.29 is 19.1 Å². The van der Waals surface area contributed by atoms with E-state index < -0.39 is 5.60 Å². The minimum Gasteiger partial charge on any atom is -0.466 e. The van der Waals surface area contributed by atoms with E-state index >= 15 is 0 Å². The van der Waals surface area contributed by atoms with Gasteiger partial charge >= 0.3 is 12.1 Å². The van der Waals surface area contributed by atoms with Crippen molar-refractivity contribution in [2.75, 3.05) is 6.61 Å². The van der Waals surface area contributed by atoms with Gasteiger partial charge in [0.2, 0.25) is 0 Å². The SMILES string of the molecule is C=CCC[C@H]1[C@H](C(=O)OCC)[C@H]2C=C[C@@H]1N2C(=O)OC(C)(C)C. The summed E-state index contributed by atoms with van der Waals surface area (Å²) in [6.07, 6.45) is 7.03. The summed E-state index contributed by atoms with van der Waals surface area (Å²) in [5, 5.41) is 0. The second-order valence-corrected chi connectivity index (χ2v) is 7.06. The van der Waals surface area contributed by atoms with Gasteiger partial charge in [-0.2, -0.15) is 0 Å². The van der Waals surface area contributed by atoms with Gasteiger partial charge < -0.3 is 9.47 Å². The Morgan fingerprint density at radius 2 is 1.91 bits per heavy atom. The maximum atomic E-state index is 12.6. The van der Waals surface area contributed by atoms with Crippen LogP contribution in [-0.4, -0.2) is 41.3 Å². The Bertz CT molecular complexity index is 506. The zero-order chi connectivity index (χ0) is 17.2. The van der Waals surface area contributed by atoms with Crippen molar-refractivity contribution in [1.29, 1.82) is 0 Å². The minimum atomic E-state index is -0.560. The molecule has 2 rings (SSSR count). The zero-order valence-electron chi connectivity index (χ0n) is 14.5. The third kappa shape index (κ3) is 3.59. The number of hydrogen-bond donors (Lipinski definition) is 0. The molecule has 2 bridgehead atoms. The quantitative estimate of drug-likeness (QED) is 0.576. The van der Waals surface area contributed by atoms with Gasteiger partial charge in [0.1, 0.15) is 5.60 Å². The predicted molar refractivity (Wildman–Crippen MR) is 87.8 cm³/mol. The largest absolute Gasteiger partial charge is 0.466 e. The maximum Gasteiger partial charge on any atom is 0.411 e. The number of fused-ring (bicyclic) bond motifs is 2. The van der Waals surface area contributed by atoms with Gasteiger partial charge in [-0.15, -0.1) is 6.58 Å². The molecule has 5 heteroatoms. The Hall–Kier alpha value is -1.78. The van der Waals surface area contributed by atoms with Crippen LogP contribution in [0.5, 0.6) is 0 Å². The molecule has 2 aliphatic rings. The molecule has 2 heterocycles. The number of rotatable bonds is 5. The molecule has 0 saturated carbocycles. The van der Waals surface area contributed by atoms with Gasteiger partial charge in [-0.3, -0.25) is 9.69 Å². The highest BCUT2D eigenvalue weighted by molar-refractivity contribution is 5.79. The van der Waals surface area contributed by atoms with E-state index in [9.17, 15) is 9.59 Å². The molecule has 1 saturated heterocycles. The van der Waals surface area contributed by atoms with Crippen LogP contribution in [0.4, 0.5) is 4.79 Å². The van der Waals surface area contributed by atoms with Gasteiger partial charge in [0.25, 0.3) is 0 Å². The van der Waals surface area contributed by atoms with Crippen LogP contribution in [0.3, 0.4) is 0 Å². The topological polar surface area (TPSA) is 55.8 Å². The van der Waals surface area contributed by atoms with Crippen molar-refractivity contribution in [3.8, 4) is 0 Å². The lowest BCUT2D eigenvalue weighted by molar-refractivity contribution is -0.149. The average Bonchev–Trinajstić information content (AvgIpc) is 2.99. The Morgan fingerprint density at radius 3 is 2.48 bits per heavy atom. The molecule has 5 nitrogen and oxygen atoms in total. The lowest BCUT2D eigenvalue weighted by atomic mass is 9.80. The third-order valence-corrected chi connectivity index (χ3v) is 4.28. The summed E-state index contributed by atoms with van der Waals surface area (Å²) in [6, 6.07) is -0.382. The van der Waals surface area contributed by atoms with Crippen molar-refractivity contribution in [1.82, 2.24) is 4.90 Å². The van der Waals surface area contributed by atoms with Crippen molar-refractivity contribution in [2.24, 2.45) is 11.8 Å². The van der Waals surface area contributed by atoms with Gasteiger partial charge in [-0.05, 0) is 46.5 Å². The molecule has 0 aromatic heterocycles. The van der Waals surface area contributed by atoms with Crippen molar-refractivity contribution in [2.45, 2.75) is 58.2 Å². The maximum absolute atomic E-state index is 12.6. The molecule has 0 aromatic rings. The fourth-order valence-electron chi connectivity index (χ4n) is 3.49. The van der Waals surface area contributed by atoms with Gasteiger partial charge in [0.15, 0.2) is 0 Å². The molecule has 0 N–H and O–H groups in total. The number of allylic oxidation sites excluding steroid dienone is 1. The van der Waals surface area contributed by atoms with Crippen LogP contribution in [0.1, 0.15) is 40.5 Å². The van der Waals surface area contributed by atoms with Gasteiger partial charge in [-0.25, -0.2) is 4.79 Å². The summed E-state index contributed by atoms with van der Waals surface area (Å²) >= 11 is 0. The van der Waals surface area contributed by atoms with Crippen molar-refractivity contribution in [3.05, 3.63) is 24.8 Å². The summed E-state index contributed by atoms with van der Waals surface area (Å²) in [7, 11) is 0. The van der Waals surface area contributed by atoms with Gasteiger partial charge in [0.05, 0.1) is 24.6 Å². The first-order chi connectivity index (χ1) is 10.8. The number of ether oxygens (including phenoxy) is 2. The monoisotopic (exact) mass is 321 g/mol. The van der Waals surface area contributed by atoms with E-state index in [4.69, 9.17) is 9.47 Å². The predicted octanol–water partition coefficient (Wildman–Crippen LogP) is 3.31. The number of hydrogen-bond acceptors (Lipinski definition) is 4. The molecule has 2 aliphatic heterocycles. The second kappa shape index (κ2) is 6.77. The highest BCUT2D eigenvalue weighted by Gasteiger charge is 2.56. The molecule has 0 aromatic carbocycles. The van der Waals surface area contributed by atoms with Gasteiger partial charge in [0, 0.05) is 0 Å².